The number of nitrogens with two attached hydrogens (primary N) is 1. The van der Waals surface area contributed by atoms with Crippen molar-refractivity contribution < 1.29 is 9.90 Å². The number of rotatable bonds is 5. The van der Waals surface area contributed by atoms with E-state index in [-0.39, 0.29) is 35.3 Å². The zero-order valence-corrected chi connectivity index (χ0v) is 11.2. The molecule has 0 fully saturated rings. The van der Waals surface area contributed by atoms with Gasteiger partial charge in [-0.05, 0) is 18.4 Å². The maximum Gasteiger partial charge on any atom is 0.253 e. The molecule has 0 aromatic carbocycles. The summed E-state index contributed by atoms with van der Waals surface area (Å²) >= 11 is 5.73. The quantitative estimate of drug-likeness (QED) is 0.708. The highest BCUT2D eigenvalue weighted by atomic mass is 35.5. The second kappa shape index (κ2) is 6.56. The van der Waals surface area contributed by atoms with E-state index in [4.69, 9.17) is 22.4 Å². The van der Waals surface area contributed by atoms with Gasteiger partial charge in [0, 0.05) is 12.6 Å². The number of carbonyl (C=O) groups is 1. The Hall–Kier alpha value is -1.33. The van der Waals surface area contributed by atoms with Crippen LogP contribution in [0.4, 0.5) is 5.69 Å². The lowest BCUT2D eigenvalue weighted by Crippen LogP contribution is -2.39. The molecule has 100 valence electrons. The van der Waals surface area contributed by atoms with Crippen LogP contribution in [0.1, 0.15) is 30.6 Å². The Morgan fingerprint density at radius 2 is 2.28 bits per heavy atom. The van der Waals surface area contributed by atoms with Crippen molar-refractivity contribution in [2.45, 2.75) is 26.3 Å². The predicted octanol–water partition coefficient (Wildman–Crippen LogP) is 1.45. The molecule has 1 atom stereocenters. The fourth-order valence-electron chi connectivity index (χ4n) is 1.59. The highest BCUT2D eigenvalue weighted by molar-refractivity contribution is 6.29. The minimum Gasteiger partial charge on any atom is -0.397 e. The second-order valence-electron chi connectivity index (χ2n) is 4.43. The highest BCUT2D eigenvalue weighted by Gasteiger charge is 2.18. The number of anilines is 1. The van der Waals surface area contributed by atoms with E-state index >= 15 is 0 Å². The number of hydrogen-bond acceptors (Lipinski definition) is 4. The molecular weight excluding hydrogens is 254 g/mol. The van der Waals surface area contributed by atoms with Crippen LogP contribution in [0.3, 0.4) is 0 Å². The average Bonchev–Trinajstić information content (AvgIpc) is 2.31. The molecule has 1 heterocycles. The molecule has 6 heteroatoms. The number of aliphatic hydroxyl groups excluding tert-OH is 1. The number of hydrogen-bond donors (Lipinski definition) is 3. The van der Waals surface area contributed by atoms with E-state index in [1.807, 2.05) is 13.8 Å². The van der Waals surface area contributed by atoms with E-state index in [0.29, 0.717) is 12.0 Å². The molecule has 1 unspecified atom stereocenters. The topological polar surface area (TPSA) is 88.2 Å². The van der Waals surface area contributed by atoms with Crippen molar-refractivity contribution >= 4 is 23.2 Å². The van der Waals surface area contributed by atoms with Gasteiger partial charge in [-0.25, -0.2) is 4.98 Å². The third kappa shape index (κ3) is 3.85. The van der Waals surface area contributed by atoms with Gasteiger partial charge in [0.2, 0.25) is 0 Å². The van der Waals surface area contributed by atoms with Crippen molar-refractivity contribution in [1.82, 2.24) is 10.3 Å². The normalized spacial score (nSPS) is 12.5. The summed E-state index contributed by atoms with van der Waals surface area (Å²) in [6, 6.07) is 1.33. The number of aromatic nitrogens is 1. The lowest BCUT2D eigenvalue weighted by Gasteiger charge is -2.21. The van der Waals surface area contributed by atoms with Gasteiger partial charge in [0.15, 0.2) is 0 Å². The Morgan fingerprint density at radius 1 is 1.61 bits per heavy atom. The first-order valence-electron chi connectivity index (χ1n) is 5.78. The molecule has 1 aromatic heterocycles. The van der Waals surface area contributed by atoms with Gasteiger partial charge < -0.3 is 16.2 Å². The summed E-state index contributed by atoms with van der Waals surface area (Å²) in [5.41, 5.74) is 6.27. The Balaban J connectivity index is 2.83. The maximum absolute atomic E-state index is 12.0. The fraction of sp³-hybridized carbons (Fsp3) is 0.500. The minimum atomic E-state index is -0.302. The van der Waals surface area contributed by atoms with Gasteiger partial charge in [-0.15, -0.1) is 0 Å². The molecule has 0 saturated heterocycles. The molecule has 0 spiro atoms. The van der Waals surface area contributed by atoms with Gasteiger partial charge in [0.1, 0.15) is 5.15 Å². The number of aliphatic hydroxyl groups is 1. The number of nitrogen functional groups attached to an aromatic ring is 1. The summed E-state index contributed by atoms with van der Waals surface area (Å²) in [4.78, 5) is 15.8. The molecule has 0 aliphatic heterocycles. The maximum atomic E-state index is 12.0. The van der Waals surface area contributed by atoms with Gasteiger partial charge in [-0.2, -0.15) is 0 Å². The molecule has 0 saturated carbocycles. The second-order valence-corrected chi connectivity index (χ2v) is 4.82. The third-order valence-electron chi connectivity index (χ3n) is 2.71. The number of nitrogens with one attached hydrogen (secondary N) is 1. The standard InChI is InChI=1S/C12H18ClN3O2/c1-7(2)10(3-4-17)16-12(18)8-5-11(13)15-6-9(8)14/h5-7,10,17H,3-4,14H2,1-2H3,(H,16,18). The molecule has 0 radical (unpaired) electrons. The van der Waals surface area contributed by atoms with Gasteiger partial charge in [0.25, 0.3) is 5.91 Å². The summed E-state index contributed by atoms with van der Waals surface area (Å²) in [5, 5.41) is 12.0. The molecule has 0 bridgehead atoms. The number of amides is 1. The smallest absolute Gasteiger partial charge is 0.253 e. The number of halogens is 1. The largest absolute Gasteiger partial charge is 0.397 e. The van der Waals surface area contributed by atoms with Crippen LogP contribution >= 0.6 is 11.6 Å². The number of carbonyl (C=O) groups excluding carboxylic acids is 1. The van der Waals surface area contributed by atoms with Crippen molar-refractivity contribution in [2.24, 2.45) is 5.92 Å². The number of pyridine rings is 1. The van der Waals surface area contributed by atoms with E-state index in [9.17, 15) is 4.79 Å². The summed E-state index contributed by atoms with van der Waals surface area (Å²) in [5.74, 6) is -0.0800. The Labute approximate surface area is 111 Å². The first kappa shape index (κ1) is 14.7. The fourth-order valence-corrected chi connectivity index (χ4v) is 1.75. The monoisotopic (exact) mass is 271 g/mol. The molecule has 1 aromatic rings. The molecule has 4 N–H and O–H groups in total. The van der Waals surface area contributed by atoms with Crippen LogP contribution in [-0.4, -0.2) is 28.6 Å². The minimum absolute atomic E-state index is 0.0235. The molecule has 1 amide bonds. The zero-order valence-electron chi connectivity index (χ0n) is 10.5. The van der Waals surface area contributed by atoms with Crippen LogP contribution in [0, 0.1) is 5.92 Å². The third-order valence-corrected chi connectivity index (χ3v) is 2.91. The molecule has 1 rings (SSSR count). The summed E-state index contributed by atoms with van der Waals surface area (Å²) in [6.45, 7) is 3.97. The Morgan fingerprint density at radius 3 is 2.83 bits per heavy atom. The lowest BCUT2D eigenvalue weighted by molar-refractivity contribution is 0.0917. The van der Waals surface area contributed by atoms with Crippen LogP contribution in [-0.2, 0) is 0 Å². The Bertz CT molecular complexity index is 424. The molecule has 0 aliphatic carbocycles. The van der Waals surface area contributed by atoms with Crippen LogP contribution in [0.25, 0.3) is 0 Å². The van der Waals surface area contributed by atoms with Crippen molar-refractivity contribution in [1.29, 1.82) is 0 Å². The molecular formula is C12H18ClN3O2. The van der Waals surface area contributed by atoms with Crippen molar-refractivity contribution in [3.8, 4) is 0 Å². The summed E-state index contributed by atoms with van der Waals surface area (Å²) in [6.07, 6.45) is 1.86. The first-order valence-corrected chi connectivity index (χ1v) is 6.16. The number of nitrogens with zero attached hydrogens (tertiary/aromatic N) is 1. The van der Waals surface area contributed by atoms with Crippen molar-refractivity contribution in [3.63, 3.8) is 0 Å². The van der Waals surface area contributed by atoms with E-state index < -0.39 is 0 Å². The summed E-state index contributed by atoms with van der Waals surface area (Å²) in [7, 11) is 0. The zero-order chi connectivity index (χ0) is 13.7. The lowest BCUT2D eigenvalue weighted by atomic mass is 10.0. The Kier molecular flexibility index (Phi) is 5.37. The van der Waals surface area contributed by atoms with Crippen molar-refractivity contribution in [3.05, 3.63) is 23.0 Å². The van der Waals surface area contributed by atoms with Gasteiger partial charge in [-0.3, -0.25) is 4.79 Å². The molecule has 5 nitrogen and oxygen atoms in total. The predicted molar refractivity (Wildman–Crippen MR) is 71.5 cm³/mol. The van der Waals surface area contributed by atoms with Gasteiger partial charge in [-0.1, -0.05) is 25.4 Å². The van der Waals surface area contributed by atoms with Crippen molar-refractivity contribution in [2.75, 3.05) is 12.3 Å². The first-order chi connectivity index (χ1) is 8.45. The van der Waals surface area contributed by atoms with Crippen LogP contribution in [0.15, 0.2) is 12.3 Å². The van der Waals surface area contributed by atoms with E-state index in [0.717, 1.165) is 0 Å². The molecule has 18 heavy (non-hydrogen) atoms. The SMILES string of the molecule is CC(C)C(CCO)NC(=O)c1cc(Cl)ncc1N. The summed E-state index contributed by atoms with van der Waals surface area (Å²) < 4.78 is 0. The van der Waals surface area contributed by atoms with E-state index in [1.54, 1.807) is 0 Å². The molecule has 0 aliphatic rings. The van der Waals surface area contributed by atoms with Crippen LogP contribution in [0.2, 0.25) is 5.15 Å². The van der Waals surface area contributed by atoms with Gasteiger partial charge >= 0.3 is 0 Å². The average molecular weight is 272 g/mol. The van der Waals surface area contributed by atoms with Gasteiger partial charge in [0.05, 0.1) is 17.4 Å². The van der Waals surface area contributed by atoms with E-state index in [2.05, 4.69) is 10.3 Å². The van der Waals surface area contributed by atoms with E-state index in [1.165, 1.54) is 12.3 Å². The highest BCUT2D eigenvalue weighted by Crippen LogP contribution is 2.16. The van der Waals surface area contributed by atoms with Crippen LogP contribution in [0.5, 0.6) is 0 Å². The van der Waals surface area contributed by atoms with Crippen LogP contribution < -0.4 is 11.1 Å².